The zero-order valence-electron chi connectivity index (χ0n) is 15.1. The van der Waals surface area contributed by atoms with Crippen LogP contribution >= 0.6 is 15.9 Å². The van der Waals surface area contributed by atoms with Crippen LogP contribution < -0.4 is 10.2 Å². The maximum absolute atomic E-state index is 12.5. The average molecular weight is 451 g/mol. The fourth-order valence-electron chi connectivity index (χ4n) is 3.05. The number of aromatic carboxylic acids is 1. The Morgan fingerprint density at radius 2 is 1.83 bits per heavy atom. The van der Waals surface area contributed by atoms with Gasteiger partial charge >= 0.3 is 5.97 Å². The van der Waals surface area contributed by atoms with Crippen LogP contribution in [0, 0.1) is 0 Å². The molecule has 0 saturated heterocycles. The first-order valence-electron chi connectivity index (χ1n) is 8.76. The van der Waals surface area contributed by atoms with Crippen LogP contribution in [0.2, 0.25) is 0 Å². The first-order chi connectivity index (χ1) is 14.0. The second-order valence-corrected chi connectivity index (χ2v) is 7.26. The van der Waals surface area contributed by atoms with Gasteiger partial charge in [0.25, 0.3) is 0 Å². The lowest BCUT2D eigenvalue weighted by atomic mass is 10.1. The number of carbonyl (C=O) groups is 1. The number of aromatic nitrogens is 2. The van der Waals surface area contributed by atoms with E-state index in [-0.39, 0.29) is 11.1 Å². The van der Waals surface area contributed by atoms with E-state index in [0.717, 1.165) is 5.56 Å². The van der Waals surface area contributed by atoms with E-state index in [4.69, 9.17) is 4.74 Å². The van der Waals surface area contributed by atoms with Crippen LogP contribution in [0.25, 0.3) is 11.0 Å². The fraction of sp³-hybridized carbons (Fsp3) is 0.0455. The molecule has 7 heteroatoms. The number of benzene rings is 2. The predicted octanol–water partition coefficient (Wildman–Crippen LogP) is 4.70. The molecule has 0 saturated carbocycles. The van der Waals surface area contributed by atoms with Crippen LogP contribution in [0.1, 0.15) is 15.9 Å². The highest BCUT2D eigenvalue weighted by molar-refractivity contribution is 9.10. The Morgan fingerprint density at radius 3 is 2.59 bits per heavy atom. The number of rotatable bonds is 5. The Kier molecular flexibility index (Phi) is 5.14. The van der Waals surface area contributed by atoms with Gasteiger partial charge in [0.1, 0.15) is 22.6 Å². The summed E-state index contributed by atoms with van der Waals surface area (Å²) in [5.41, 5.74) is 0.537. The van der Waals surface area contributed by atoms with Crippen molar-refractivity contribution in [2.24, 2.45) is 0 Å². The Morgan fingerprint density at radius 1 is 1.10 bits per heavy atom. The number of ether oxygens (including phenoxy) is 1. The lowest BCUT2D eigenvalue weighted by Crippen LogP contribution is -2.20. The number of hydrogen-bond donors (Lipinski definition) is 1. The van der Waals surface area contributed by atoms with Gasteiger partial charge in [-0.05, 0) is 40.2 Å². The Balaban J connectivity index is 1.83. The van der Waals surface area contributed by atoms with Crippen LogP contribution in [-0.4, -0.2) is 20.6 Å². The molecule has 144 valence electrons. The number of para-hydroxylation sites is 2. The Hall–Kier alpha value is -3.45. The average Bonchev–Trinajstić information content (AvgIpc) is 2.72. The van der Waals surface area contributed by atoms with Crippen molar-refractivity contribution in [3.8, 4) is 11.5 Å². The standard InChI is InChI=1S/C22H15BrN2O4/c23-15-10-18-20(24-11-15)21(26)17(22(27)28)13-25(18)12-14-6-4-5-9-19(14)29-16-7-2-1-3-8-16/h1-11,13H,12H2,(H,27,28). The maximum atomic E-state index is 12.5. The van der Waals surface area contributed by atoms with E-state index in [0.29, 0.717) is 28.0 Å². The van der Waals surface area contributed by atoms with E-state index < -0.39 is 11.4 Å². The van der Waals surface area contributed by atoms with Gasteiger partial charge in [0.2, 0.25) is 5.43 Å². The molecule has 29 heavy (non-hydrogen) atoms. The molecule has 0 unspecified atom stereocenters. The van der Waals surface area contributed by atoms with Crippen molar-refractivity contribution in [3.05, 3.63) is 98.9 Å². The SMILES string of the molecule is O=C(O)c1cn(Cc2ccccc2Oc2ccccc2)c2cc(Br)cnc2c1=O. The maximum Gasteiger partial charge on any atom is 0.341 e. The van der Waals surface area contributed by atoms with Gasteiger partial charge in [0, 0.05) is 22.4 Å². The lowest BCUT2D eigenvalue weighted by molar-refractivity contribution is 0.0695. The number of pyridine rings is 2. The molecular formula is C22H15BrN2O4. The van der Waals surface area contributed by atoms with E-state index in [1.165, 1.54) is 12.4 Å². The summed E-state index contributed by atoms with van der Waals surface area (Å²) >= 11 is 3.36. The summed E-state index contributed by atoms with van der Waals surface area (Å²) in [6.45, 7) is 0.304. The van der Waals surface area contributed by atoms with Gasteiger partial charge < -0.3 is 14.4 Å². The third-order valence-electron chi connectivity index (χ3n) is 4.40. The number of carboxylic acids is 1. The summed E-state index contributed by atoms with van der Waals surface area (Å²) < 4.78 is 8.39. The molecule has 0 aliphatic rings. The Bertz CT molecular complexity index is 1270. The predicted molar refractivity (Wildman–Crippen MR) is 113 cm³/mol. The second kappa shape index (κ2) is 7.89. The third kappa shape index (κ3) is 3.90. The lowest BCUT2D eigenvalue weighted by Gasteiger charge is -2.15. The first-order valence-corrected chi connectivity index (χ1v) is 9.55. The summed E-state index contributed by atoms with van der Waals surface area (Å²) in [6, 6.07) is 18.6. The first kappa shape index (κ1) is 18.9. The largest absolute Gasteiger partial charge is 0.477 e. The van der Waals surface area contributed by atoms with E-state index in [1.807, 2.05) is 54.6 Å². The van der Waals surface area contributed by atoms with Crippen molar-refractivity contribution in [2.45, 2.75) is 6.54 Å². The van der Waals surface area contributed by atoms with Crippen molar-refractivity contribution in [2.75, 3.05) is 0 Å². The highest BCUT2D eigenvalue weighted by Crippen LogP contribution is 2.27. The number of carboxylic acid groups (broad SMARTS) is 1. The molecular weight excluding hydrogens is 436 g/mol. The van der Waals surface area contributed by atoms with Crippen LogP contribution in [0.15, 0.2) is 82.3 Å². The van der Waals surface area contributed by atoms with Gasteiger partial charge in [-0.1, -0.05) is 36.4 Å². The molecule has 0 radical (unpaired) electrons. The van der Waals surface area contributed by atoms with Crippen molar-refractivity contribution in [1.82, 2.24) is 9.55 Å². The molecule has 0 aliphatic carbocycles. The van der Waals surface area contributed by atoms with Crippen LogP contribution in [0.3, 0.4) is 0 Å². The molecule has 0 aliphatic heterocycles. The van der Waals surface area contributed by atoms with Gasteiger partial charge in [0.05, 0.1) is 12.1 Å². The molecule has 2 heterocycles. The zero-order chi connectivity index (χ0) is 20.4. The highest BCUT2D eigenvalue weighted by atomic mass is 79.9. The topological polar surface area (TPSA) is 81.4 Å². The van der Waals surface area contributed by atoms with Crippen LogP contribution in [-0.2, 0) is 6.54 Å². The van der Waals surface area contributed by atoms with Gasteiger partial charge in [-0.25, -0.2) is 9.78 Å². The van der Waals surface area contributed by atoms with Crippen molar-refractivity contribution in [3.63, 3.8) is 0 Å². The quantitative estimate of drug-likeness (QED) is 0.476. The number of fused-ring (bicyclic) bond motifs is 1. The minimum atomic E-state index is -1.29. The smallest absolute Gasteiger partial charge is 0.341 e. The minimum Gasteiger partial charge on any atom is -0.477 e. The van der Waals surface area contributed by atoms with Crippen molar-refractivity contribution >= 4 is 32.9 Å². The molecule has 0 bridgehead atoms. The van der Waals surface area contributed by atoms with E-state index in [2.05, 4.69) is 20.9 Å². The summed E-state index contributed by atoms with van der Waals surface area (Å²) in [6.07, 6.45) is 2.83. The molecule has 0 spiro atoms. The molecule has 6 nitrogen and oxygen atoms in total. The fourth-order valence-corrected chi connectivity index (χ4v) is 3.37. The molecule has 2 aromatic heterocycles. The Labute approximate surface area is 174 Å². The third-order valence-corrected chi connectivity index (χ3v) is 4.84. The second-order valence-electron chi connectivity index (χ2n) is 6.35. The van der Waals surface area contributed by atoms with E-state index in [9.17, 15) is 14.7 Å². The molecule has 4 aromatic rings. The number of hydrogen-bond acceptors (Lipinski definition) is 4. The van der Waals surface area contributed by atoms with E-state index in [1.54, 1.807) is 10.6 Å². The van der Waals surface area contributed by atoms with Gasteiger partial charge in [0.15, 0.2) is 0 Å². The monoisotopic (exact) mass is 450 g/mol. The molecule has 0 amide bonds. The highest BCUT2D eigenvalue weighted by Gasteiger charge is 2.17. The minimum absolute atomic E-state index is 0.106. The van der Waals surface area contributed by atoms with Crippen molar-refractivity contribution in [1.29, 1.82) is 0 Å². The summed E-state index contributed by atoms with van der Waals surface area (Å²) in [7, 11) is 0. The van der Waals surface area contributed by atoms with Gasteiger partial charge in [-0.15, -0.1) is 0 Å². The molecule has 2 aromatic carbocycles. The van der Waals surface area contributed by atoms with Crippen molar-refractivity contribution < 1.29 is 14.6 Å². The summed E-state index contributed by atoms with van der Waals surface area (Å²) in [5.74, 6) is 0.0509. The van der Waals surface area contributed by atoms with Gasteiger partial charge in [-0.3, -0.25) is 4.79 Å². The molecule has 4 rings (SSSR count). The zero-order valence-corrected chi connectivity index (χ0v) is 16.7. The molecule has 1 N–H and O–H groups in total. The van der Waals surface area contributed by atoms with Crippen LogP contribution in [0.5, 0.6) is 11.5 Å². The van der Waals surface area contributed by atoms with E-state index >= 15 is 0 Å². The van der Waals surface area contributed by atoms with Crippen LogP contribution in [0.4, 0.5) is 0 Å². The molecule has 0 atom stereocenters. The van der Waals surface area contributed by atoms with Gasteiger partial charge in [-0.2, -0.15) is 0 Å². The normalized spacial score (nSPS) is 10.8. The summed E-state index contributed by atoms with van der Waals surface area (Å²) in [4.78, 5) is 28.2. The number of nitrogens with zero attached hydrogens (tertiary/aromatic N) is 2. The number of halogens is 1. The summed E-state index contributed by atoms with van der Waals surface area (Å²) in [5, 5.41) is 9.44. The molecule has 0 fully saturated rings.